The van der Waals surface area contributed by atoms with Crippen LogP contribution in [-0.2, 0) is 4.79 Å². The van der Waals surface area contributed by atoms with Crippen molar-refractivity contribution in [3.8, 4) is 11.8 Å². The summed E-state index contributed by atoms with van der Waals surface area (Å²) in [6.07, 6.45) is -0.156. The van der Waals surface area contributed by atoms with E-state index in [2.05, 4.69) is 0 Å². The van der Waals surface area contributed by atoms with Crippen molar-refractivity contribution < 1.29 is 24.6 Å². The van der Waals surface area contributed by atoms with Crippen LogP contribution >= 0.6 is 0 Å². The Labute approximate surface area is 114 Å². The van der Waals surface area contributed by atoms with Crippen molar-refractivity contribution in [1.29, 1.82) is 0 Å². The first-order valence-corrected chi connectivity index (χ1v) is 5.97. The minimum absolute atomic E-state index is 0.00829. The largest absolute Gasteiger partial charge is 0.492 e. The Hall–Kier alpha value is -2.76. The molecule has 0 aliphatic carbocycles. The number of carbonyl (C=O) groups is 2. The molecule has 2 aromatic rings. The van der Waals surface area contributed by atoms with Crippen LogP contribution in [0.2, 0.25) is 0 Å². The Morgan fingerprint density at radius 1 is 0.950 bits per heavy atom. The molecule has 1 aromatic heterocycles. The Morgan fingerprint density at radius 3 is 2.15 bits per heavy atom. The van der Waals surface area contributed by atoms with Gasteiger partial charge in [0, 0.05) is 24.1 Å². The van der Waals surface area contributed by atoms with Gasteiger partial charge in [0.05, 0.1) is 6.42 Å². The van der Waals surface area contributed by atoms with Crippen LogP contribution in [0, 0.1) is 0 Å². The molecule has 6 heteroatoms. The zero-order chi connectivity index (χ0) is 14.5. The molecule has 0 radical (unpaired) electrons. The molecular weight excluding hydrogens is 262 g/mol. The van der Waals surface area contributed by atoms with Gasteiger partial charge in [0.25, 0.3) is 0 Å². The molecule has 20 heavy (non-hydrogen) atoms. The fourth-order valence-electron chi connectivity index (χ4n) is 1.63. The number of carbonyl (C=O) groups excluding carboxylic acids is 2. The molecule has 0 amide bonds. The summed E-state index contributed by atoms with van der Waals surface area (Å²) in [5.41, 5.74) is 0.520. The molecule has 0 saturated heterocycles. The molecule has 0 saturated carbocycles. The quantitative estimate of drug-likeness (QED) is 0.807. The molecule has 0 bridgehead atoms. The van der Waals surface area contributed by atoms with Gasteiger partial charge in [0.1, 0.15) is 0 Å². The highest BCUT2D eigenvalue weighted by Gasteiger charge is 2.14. The van der Waals surface area contributed by atoms with E-state index in [0.29, 0.717) is 10.3 Å². The number of rotatable bonds is 5. The highest BCUT2D eigenvalue weighted by atomic mass is 16.7. The average molecular weight is 275 g/mol. The molecule has 2 N–H and O–H groups in total. The van der Waals surface area contributed by atoms with Crippen molar-refractivity contribution in [1.82, 2.24) is 4.73 Å². The fourth-order valence-corrected chi connectivity index (χ4v) is 1.63. The molecule has 104 valence electrons. The lowest BCUT2D eigenvalue weighted by Gasteiger charge is -2.06. The molecule has 0 aliphatic heterocycles. The Morgan fingerprint density at radius 2 is 1.55 bits per heavy atom. The van der Waals surface area contributed by atoms with E-state index in [0.717, 1.165) is 0 Å². The number of nitrogens with zero attached hydrogens (tertiary/aromatic N) is 1. The van der Waals surface area contributed by atoms with E-state index >= 15 is 0 Å². The molecule has 0 unspecified atom stereocenters. The van der Waals surface area contributed by atoms with Crippen LogP contribution in [-0.4, -0.2) is 26.7 Å². The number of hydrogen-bond acceptors (Lipinski definition) is 5. The van der Waals surface area contributed by atoms with E-state index in [9.17, 15) is 19.8 Å². The number of Topliss-reactive ketones (excluding diaryl/α,β-unsaturated/α-hetero) is 1. The number of hydrogen-bond donors (Lipinski definition) is 2. The van der Waals surface area contributed by atoms with Crippen LogP contribution in [0.1, 0.15) is 23.2 Å². The van der Waals surface area contributed by atoms with Crippen molar-refractivity contribution in [2.45, 2.75) is 12.8 Å². The Balaban J connectivity index is 1.89. The van der Waals surface area contributed by atoms with Gasteiger partial charge >= 0.3 is 5.97 Å². The third-order valence-electron chi connectivity index (χ3n) is 2.64. The SMILES string of the molecule is O=C(CCC(=O)c1ccccc1)On1c(O)ccc1O. The van der Waals surface area contributed by atoms with Crippen LogP contribution in [0.3, 0.4) is 0 Å². The van der Waals surface area contributed by atoms with Gasteiger partial charge in [-0.1, -0.05) is 30.3 Å². The standard InChI is InChI=1S/C14H13NO5/c16-11(10-4-2-1-3-5-10)6-9-14(19)20-15-12(17)7-8-13(15)18/h1-5,7-8,17-18H,6,9H2. The van der Waals surface area contributed by atoms with Gasteiger partial charge in [-0.25, -0.2) is 4.79 Å². The predicted molar refractivity (Wildman–Crippen MR) is 69.4 cm³/mol. The second-order valence-electron chi connectivity index (χ2n) is 4.10. The first kappa shape index (κ1) is 13.7. The molecular formula is C14H13NO5. The minimum Gasteiger partial charge on any atom is -0.492 e. The van der Waals surface area contributed by atoms with E-state index < -0.39 is 17.7 Å². The molecule has 0 fully saturated rings. The lowest BCUT2D eigenvalue weighted by Crippen LogP contribution is -2.19. The van der Waals surface area contributed by atoms with E-state index in [1.807, 2.05) is 0 Å². The molecule has 0 spiro atoms. The van der Waals surface area contributed by atoms with Gasteiger partial charge in [-0.2, -0.15) is 0 Å². The maximum absolute atomic E-state index is 11.8. The van der Waals surface area contributed by atoms with Crippen molar-refractivity contribution in [3.63, 3.8) is 0 Å². The summed E-state index contributed by atoms with van der Waals surface area (Å²) in [6, 6.07) is 11.0. The van der Waals surface area contributed by atoms with Gasteiger partial charge in [-0.15, -0.1) is 4.73 Å². The van der Waals surface area contributed by atoms with E-state index in [4.69, 9.17) is 4.84 Å². The van der Waals surface area contributed by atoms with Gasteiger partial charge in [-0.05, 0) is 0 Å². The molecule has 1 heterocycles. The molecule has 2 rings (SSSR count). The molecule has 6 nitrogen and oxygen atoms in total. The summed E-state index contributed by atoms with van der Waals surface area (Å²) in [7, 11) is 0. The lowest BCUT2D eigenvalue weighted by molar-refractivity contribution is -0.145. The normalized spacial score (nSPS) is 10.2. The summed E-state index contributed by atoms with van der Waals surface area (Å²) in [6.45, 7) is 0. The molecule has 0 aliphatic rings. The first-order chi connectivity index (χ1) is 9.58. The summed E-state index contributed by atoms with van der Waals surface area (Å²) in [5, 5.41) is 18.6. The zero-order valence-corrected chi connectivity index (χ0v) is 10.5. The van der Waals surface area contributed by atoms with Crippen LogP contribution in [0.15, 0.2) is 42.5 Å². The van der Waals surface area contributed by atoms with Crippen LogP contribution in [0.4, 0.5) is 0 Å². The van der Waals surface area contributed by atoms with E-state index in [-0.39, 0.29) is 18.6 Å². The smallest absolute Gasteiger partial charge is 0.333 e. The number of aromatic nitrogens is 1. The van der Waals surface area contributed by atoms with E-state index in [1.165, 1.54) is 12.1 Å². The number of aromatic hydroxyl groups is 2. The highest BCUT2D eigenvalue weighted by Crippen LogP contribution is 2.19. The zero-order valence-electron chi connectivity index (χ0n) is 10.5. The second-order valence-corrected chi connectivity index (χ2v) is 4.10. The van der Waals surface area contributed by atoms with Crippen LogP contribution < -0.4 is 4.84 Å². The van der Waals surface area contributed by atoms with Crippen LogP contribution in [0.5, 0.6) is 11.8 Å². The van der Waals surface area contributed by atoms with Crippen molar-refractivity contribution in [2.24, 2.45) is 0 Å². The maximum atomic E-state index is 11.8. The summed E-state index contributed by atoms with van der Waals surface area (Å²) < 4.78 is 0.593. The topological polar surface area (TPSA) is 88.8 Å². The third kappa shape index (κ3) is 3.17. The summed E-state index contributed by atoms with van der Waals surface area (Å²) in [5.74, 6) is -1.70. The van der Waals surface area contributed by atoms with Gasteiger partial charge in [0.2, 0.25) is 11.8 Å². The monoisotopic (exact) mass is 275 g/mol. The lowest BCUT2D eigenvalue weighted by atomic mass is 10.1. The van der Waals surface area contributed by atoms with Crippen molar-refractivity contribution in [2.75, 3.05) is 0 Å². The van der Waals surface area contributed by atoms with Gasteiger partial charge in [0.15, 0.2) is 5.78 Å². The second kappa shape index (κ2) is 5.92. The molecule has 1 aromatic carbocycles. The molecule has 0 atom stereocenters. The Bertz CT molecular complexity index is 598. The van der Waals surface area contributed by atoms with Crippen molar-refractivity contribution >= 4 is 11.8 Å². The van der Waals surface area contributed by atoms with Gasteiger partial charge < -0.3 is 15.1 Å². The minimum atomic E-state index is -0.726. The first-order valence-electron chi connectivity index (χ1n) is 5.97. The average Bonchev–Trinajstić information content (AvgIpc) is 2.77. The van der Waals surface area contributed by atoms with Gasteiger partial charge in [-0.3, -0.25) is 4.79 Å². The number of ketones is 1. The van der Waals surface area contributed by atoms with Crippen molar-refractivity contribution in [3.05, 3.63) is 48.0 Å². The summed E-state index contributed by atoms with van der Waals surface area (Å²) in [4.78, 5) is 28.0. The fraction of sp³-hybridized carbons (Fsp3) is 0.143. The van der Waals surface area contributed by atoms with Crippen LogP contribution in [0.25, 0.3) is 0 Å². The van der Waals surface area contributed by atoms with E-state index in [1.54, 1.807) is 30.3 Å². The maximum Gasteiger partial charge on any atom is 0.333 e. The summed E-state index contributed by atoms with van der Waals surface area (Å²) >= 11 is 0. The number of benzene rings is 1. The third-order valence-corrected chi connectivity index (χ3v) is 2.64. The Kier molecular flexibility index (Phi) is 4.05. The highest BCUT2D eigenvalue weighted by molar-refractivity contribution is 5.97. The predicted octanol–water partition coefficient (Wildman–Crippen LogP) is 1.52.